The van der Waals surface area contributed by atoms with Crippen LogP contribution in [0.2, 0.25) is 0 Å². The van der Waals surface area contributed by atoms with Crippen molar-refractivity contribution in [3.05, 3.63) is 0 Å². The van der Waals surface area contributed by atoms with Crippen LogP contribution in [0.3, 0.4) is 0 Å². The molecule has 1 heterocycles. The standard InChI is InChI=1S/C22H31F10NO/c23-13-7-3-10(4-8-13)15-14(9-34)19(22(30,31)32)33-18(20(25)26)16(15)17(24)11-1-5-12(6-2-11)21(27,28)29/h10-20,33-34H,1-9H2. The number of hydrogen-bond donors (Lipinski definition) is 2. The van der Waals surface area contributed by atoms with Gasteiger partial charge in [0.05, 0.1) is 12.0 Å². The van der Waals surface area contributed by atoms with E-state index in [-0.39, 0.29) is 51.4 Å². The summed E-state index contributed by atoms with van der Waals surface area (Å²) in [6, 6.07) is -4.67. The largest absolute Gasteiger partial charge is 0.404 e. The van der Waals surface area contributed by atoms with Gasteiger partial charge in [0.25, 0.3) is 6.43 Å². The zero-order valence-electron chi connectivity index (χ0n) is 18.4. The fraction of sp³-hybridized carbons (Fsp3) is 1.00. The first-order valence-electron chi connectivity index (χ1n) is 11.8. The Labute approximate surface area is 191 Å². The molecule has 0 spiro atoms. The van der Waals surface area contributed by atoms with Gasteiger partial charge >= 0.3 is 12.4 Å². The summed E-state index contributed by atoms with van der Waals surface area (Å²) in [5, 5.41) is 11.7. The van der Waals surface area contributed by atoms with Crippen LogP contribution in [0.15, 0.2) is 0 Å². The smallest absolute Gasteiger partial charge is 0.396 e. The molecule has 0 bridgehead atoms. The maximum absolute atomic E-state index is 15.9. The van der Waals surface area contributed by atoms with E-state index in [0.29, 0.717) is 0 Å². The zero-order valence-corrected chi connectivity index (χ0v) is 18.4. The van der Waals surface area contributed by atoms with E-state index in [9.17, 15) is 44.6 Å². The Hall–Kier alpha value is -0.780. The van der Waals surface area contributed by atoms with Crippen molar-refractivity contribution in [3.8, 4) is 0 Å². The van der Waals surface area contributed by atoms with Gasteiger partial charge in [-0.1, -0.05) is 0 Å². The number of halogens is 10. The van der Waals surface area contributed by atoms with Crippen LogP contribution in [-0.2, 0) is 0 Å². The summed E-state index contributed by atoms with van der Waals surface area (Å²) in [6.07, 6.45) is -17.1. The highest BCUT2D eigenvalue weighted by Crippen LogP contribution is 2.51. The molecule has 6 unspecified atom stereocenters. The third-order valence-corrected chi connectivity index (χ3v) is 8.29. The number of aliphatic hydroxyl groups is 1. The first-order chi connectivity index (χ1) is 15.8. The number of hydrogen-bond acceptors (Lipinski definition) is 2. The van der Waals surface area contributed by atoms with Crippen molar-refractivity contribution in [2.24, 2.45) is 35.5 Å². The summed E-state index contributed by atoms with van der Waals surface area (Å²) in [5.41, 5.74) is 0. The van der Waals surface area contributed by atoms with Crippen LogP contribution in [0.4, 0.5) is 43.9 Å². The van der Waals surface area contributed by atoms with Gasteiger partial charge in [-0.2, -0.15) is 26.3 Å². The SMILES string of the molecule is OCC1C(C2CCC(F)CC2)C(C(F)C2CCC(C(F)(F)F)CC2)C(C(F)F)NC1C(F)(F)F. The van der Waals surface area contributed by atoms with E-state index >= 15 is 4.39 Å². The maximum atomic E-state index is 15.9. The highest BCUT2D eigenvalue weighted by molar-refractivity contribution is 5.06. The van der Waals surface area contributed by atoms with Crippen molar-refractivity contribution in [2.75, 3.05) is 6.61 Å². The first kappa shape index (κ1) is 27.8. The molecule has 3 rings (SSSR count). The van der Waals surface area contributed by atoms with E-state index < -0.39 is 85.3 Å². The number of alkyl halides is 10. The molecule has 2 N–H and O–H groups in total. The van der Waals surface area contributed by atoms with E-state index in [1.807, 2.05) is 5.32 Å². The fourth-order valence-corrected chi connectivity index (χ4v) is 6.61. The van der Waals surface area contributed by atoms with E-state index in [4.69, 9.17) is 0 Å². The minimum Gasteiger partial charge on any atom is -0.396 e. The van der Waals surface area contributed by atoms with Crippen molar-refractivity contribution in [1.82, 2.24) is 5.32 Å². The second-order valence-corrected chi connectivity index (χ2v) is 10.2. The second kappa shape index (κ2) is 10.7. The molecule has 3 fully saturated rings. The Kier molecular flexibility index (Phi) is 8.74. The number of nitrogens with one attached hydrogen (secondary N) is 1. The first-order valence-corrected chi connectivity index (χ1v) is 11.8. The topological polar surface area (TPSA) is 32.3 Å². The quantitative estimate of drug-likeness (QED) is 0.426. The molecule has 0 aromatic carbocycles. The summed E-state index contributed by atoms with van der Waals surface area (Å²) in [4.78, 5) is 0. The minimum absolute atomic E-state index is 0.00311. The van der Waals surface area contributed by atoms with Gasteiger partial charge in [-0.15, -0.1) is 0 Å². The molecule has 6 atom stereocenters. The van der Waals surface area contributed by atoms with Crippen molar-refractivity contribution < 1.29 is 49.0 Å². The van der Waals surface area contributed by atoms with E-state index in [1.165, 1.54) is 0 Å². The molecular weight excluding hydrogens is 484 g/mol. The third kappa shape index (κ3) is 5.95. The Morgan fingerprint density at radius 2 is 1.35 bits per heavy atom. The number of rotatable bonds is 5. The maximum Gasteiger partial charge on any atom is 0.404 e. The Balaban J connectivity index is 1.93. The lowest BCUT2D eigenvalue weighted by molar-refractivity contribution is -0.211. The van der Waals surface area contributed by atoms with Crippen LogP contribution in [-0.4, -0.2) is 54.9 Å². The summed E-state index contributed by atoms with van der Waals surface area (Å²) >= 11 is 0. The van der Waals surface area contributed by atoms with E-state index in [2.05, 4.69) is 0 Å². The molecule has 0 amide bonds. The monoisotopic (exact) mass is 515 g/mol. The number of aliphatic hydroxyl groups excluding tert-OH is 1. The predicted molar refractivity (Wildman–Crippen MR) is 104 cm³/mol. The lowest BCUT2D eigenvalue weighted by Crippen LogP contribution is -2.68. The molecule has 34 heavy (non-hydrogen) atoms. The third-order valence-electron chi connectivity index (χ3n) is 8.29. The Morgan fingerprint density at radius 1 is 0.794 bits per heavy atom. The summed E-state index contributed by atoms with van der Waals surface area (Å²) in [5.74, 6) is -7.89. The van der Waals surface area contributed by atoms with Crippen LogP contribution in [0, 0.1) is 35.5 Å². The van der Waals surface area contributed by atoms with Crippen LogP contribution in [0.5, 0.6) is 0 Å². The van der Waals surface area contributed by atoms with Gasteiger partial charge in [0.1, 0.15) is 18.4 Å². The fourth-order valence-electron chi connectivity index (χ4n) is 6.61. The lowest BCUT2D eigenvalue weighted by atomic mass is 9.59. The van der Waals surface area contributed by atoms with Gasteiger partial charge < -0.3 is 5.11 Å². The average Bonchev–Trinajstić information content (AvgIpc) is 2.76. The van der Waals surface area contributed by atoms with E-state index in [0.717, 1.165) is 0 Å². The molecule has 12 heteroatoms. The molecule has 3 aliphatic rings. The normalized spacial score (nSPS) is 41.5. The van der Waals surface area contributed by atoms with Gasteiger partial charge in [-0.25, -0.2) is 17.6 Å². The molecule has 2 nitrogen and oxygen atoms in total. The van der Waals surface area contributed by atoms with Crippen LogP contribution in [0.1, 0.15) is 51.4 Å². The van der Waals surface area contributed by atoms with Crippen LogP contribution in [0.25, 0.3) is 0 Å². The predicted octanol–water partition coefficient (Wildman–Crippen LogP) is 6.23. The Bertz CT molecular complexity index is 641. The summed E-state index contributed by atoms with van der Waals surface area (Å²) < 4.78 is 138. The van der Waals surface area contributed by atoms with Gasteiger partial charge in [-0.3, -0.25) is 5.32 Å². The zero-order chi connectivity index (χ0) is 25.4. The van der Waals surface area contributed by atoms with Gasteiger partial charge in [-0.05, 0) is 69.1 Å². The van der Waals surface area contributed by atoms with Crippen LogP contribution < -0.4 is 5.32 Å². The average molecular weight is 515 g/mol. The second-order valence-electron chi connectivity index (χ2n) is 10.2. The van der Waals surface area contributed by atoms with Gasteiger partial charge in [0.15, 0.2) is 0 Å². The van der Waals surface area contributed by atoms with Gasteiger partial charge in [0, 0.05) is 18.4 Å². The summed E-state index contributed by atoms with van der Waals surface area (Å²) in [6.45, 7) is -1.03. The Morgan fingerprint density at radius 3 is 1.79 bits per heavy atom. The molecule has 2 aliphatic carbocycles. The molecule has 0 radical (unpaired) electrons. The van der Waals surface area contributed by atoms with Crippen molar-refractivity contribution in [2.45, 2.75) is 94.6 Å². The molecular formula is C22H31F10NO. The minimum atomic E-state index is -4.99. The molecule has 1 saturated heterocycles. The molecule has 1 aliphatic heterocycles. The van der Waals surface area contributed by atoms with Crippen LogP contribution >= 0.6 is 0 Å². The van der Waals surface area contributed by atoms with Crippen molar-refractivity contribution in [1.29, 1.82) is 0 Å². The highest BCUT2D eigenvalue weighted by Gasteiger charge is 2.60. The van der Waals surface area contributed by atoms with Crippen molar-refractivity contribution in [3.63, 3.8) is 0 Å². The van der Waals surface area contributed by atoms with E-state index in [1.54, 1.807) is 0 Å². The molecule has 0 aromatic heterocycles. The lowest BCUT2D eigenvalue weighted by Gasteiger charge is -2.53. The van der Waals surface area contributed by atoms with Crippen molar-refractivity contribution >= 4 is 0 Å². The molecule has 0 aromatic rings. The molecule has 200 valence electrons. The highest BCUT2D eigenvalue weighted by atomic mass is 19.4. The number of piperidine rings is 1. The summed E-state index contributed by atoms with van der Waals surface area (Å²) in [7, 11) is 0. The van der Waals surface area contributed by atoms with Gasteiger partial charge in [0.2, 0.25) is 0 Å². The molecule has 2 saturated carbocycles.